The van der Waals surface area contributed by atoms with Crippen molar-refractivity contribution in [3.8, 4) is 16.9 Å². The van der Waals surface area contributed by atoms with Gasteiger partial charge < -0.3 is 0 Å². The third-order valence-corrected chi connectivity index (χ3v) is 4.82. The minimum Gasteiger partial charge on any atom is -0.266 e. The normalized spacial score (nSPS) is 11.4. The highest BCUT2D eigenvalue weighted by Crippen LogP contribution is 2.29. The second-order valence-electron chi connectivity index (χ2n) is 6.53. The lowest BCUT2D eigenvalue weighted by molar-refractivity contribution is 0.628. The molecular weight excluding hydrogens is 371 g/mol. The lowest BCUT2D eigenvalue weighted by atomic mass is 10.0. The van der Waals surface area contributed by atoms with Crippen molar-refractivity contribution in [2.24, 2.45) is 0 Å². The minimum absolute atomic E-state index is 0.196. The van der Waals surface area contributed by atoms with Crippen LogP contribution in [0.2, 0.25) is 0 Å². The molecule has 29 heavy (non-hydrogen) atoms. The van der Waals surface area contributed by atoms with Gasteiger partial charge in [-0.1, -0.05) is 25.1 Å². The van der Waals surface area contributed by atoms with Crippen molar-refractivity contribution in [2.75, 3.05) is 0 Å². The van der Waals surface area contributed by atoms with Gasteiger partial charge in [0.1, 0.15) is 17.2 Å². The van der Waals surface area contributed by atoms with Crippen LogP contribution in [0.1, 0.15) is 12.6 Å². The van der Waals surface area contributed by atoms with E-state index >= 15 is 0 Å². The molecule has 5 aromatic rings. The van der Waals surface area contributed by atoms with Crippen molar-refractivity contribution in [3.05, 3.63) is 82.8 Å². The number of benzene rings is 1. The summed E-state index contributed by atoms with van der Waals surface area (Å²) in [5.74, 6) is 0.192. The molecule has 7 nitrogen and oxygen atoms in total. The number of hydrogen-bond acceptors (Lipinski definition) is 5. The SMILES string of the molecule is CCc1nn2c(nnc3c(=O)n(-c4ccccn4)ccc32)c1-c1ccc(F)cc1. The van der Waals surface area contributed by atoms with E-state index in [1.54, 1.807) is 47.2 Å². The zero-order valence-electron chi connectivity index (χ0n) is 15.5. The molecule has 0 N–H and O–H groups in total. The van der Waals surface area contributed by atoms with Gasteiger partial charge in [0, 0.05) is 12.4 Å². The summed E-state index contributed by atoms with van der Waals surface area (Å²) in [7, 11) is 0. The number of hydrogen-bond donors (Lipinski definition) is 0. The van der Waals surface area contributed by atoms with Crippen LogP contribution in [0.25, 0.3) is 33.6 Å². The zero-order valence-corrected chi connectivity index (χ0v) is 15.5. The maximum atomic E-state index is 13.4. The summed E-state index contributed by atoms with van der Waals surface area (Å²) in [5.41, 5.74) is 3.33. The first-order chi connectivity index (χ1) is 14.2. The molecule has 0 aliphatic rings. The topological polar surface area (TPSA) is 78.0 Å². The van der Waals surface area contributed by atoms with Crippen molar-refractivity contribution in [3.63, 3.8) is 0 Å². The number of pyridine rings is 2. The van der Waals surface area contributed by atoms with Crippen molar-refractivity contribution in [1.29, 1.82) is 0 Å². The highest BCUT2D eigenvalue weighted by molar-refractivity contribution is 5.84. The Kier molecular flexibility index (Phi) is 3.90. The van der Waals surface area contributed by atoms with Crippen molar-refractivity contribution >= 4 is 16.7 Å². The summed E-state index contributed by atoms with van der Waals surface area (Å²) in [6.07, 6.45) is 3.93. The van der Waals surface area contributed by atoms with Crippen LogP contribution in [0.5, 0.6) is 0 Å². The molecule has 0 aliphatic heterocycles. The van der Waals surface area contributed by atoms with Crippen LogP contribution in [-0.4, -0.2) is 29.4 Å². The Hall–Kier alpha value is -3.94. The molecule has 0 radical (unpaired) electrons. The van der Waals surface area contributed by atoms with Crippen LogP contribution in [0.4, 0.5) is 4.39 Å². The van der Waals surface area contributed by atoms with Gasteiger partial charge in [-0.3, -0.25) is 9.36 Å². The molecule has 0 aliphatic carbocycles. The summed E-state index contributed by atoms with van der Waals surface area (Å²) >= 11 is 0. The average Bonchev–Trinajstić information content (AvgIpc) is 3.14. The molecule has 0 saturated carbocycles. The maximum absolute atomic E-state index is 13.4. The number of nitrogens with zero attached hydrogens (tertiary/aromatic N) is 6. The Morgan fingerprint density at radius 2 is 1.86 bits per heavy atom. The molecule has 5 rings (SSSR count). The molecule has 0 unspecified atom stereocenters. The van der Waals surface area contributed by atoms with E-state index in [1.807, 2.05) is 13.0 Å². The fourth-order valence-electron chi connectivity index (χ4n) is 3.43. The molecule has 4 heterocycles. The fraction of sp³-hybridized carbons (Fsp3) is 0.0952. The lowest BCUT2D eigenvalue weighted by Gasteiger charge is -2.06. The van der Waals surface area contributed by atoms with E-state index in [4.69, 9.17) is 0 Å². The Morgan fingerprint density at radius 3 is 2.59 bits per heavy atom. The summed E-state index contributed by atoms with van der Waals surface area (Å²) < 4.78 is 16.4. The quantitative estimate of drug-likeness (QED) is 0.476. The van der Waals surface area contributed by atoms with Gasteiger partial charge in [0.2, 0.25) is 0 Å². The summed E-state index contributed by atoms with van der Waals surface area (Å²) in [6.45, 7) is 1.98. The molecule has 142 valence electrons. The highest BCUT2D eigenvalue weighted by atomic mass is 19.1. The predicted molar refractivity (Wildman–Crippen MR) is 106 cm³/mol. The van der Waals surface area contributed by atoms with Crippen LogP contribution in [0.15, 0.2) is 65.7 Å². The average molecular weight is 386 g/mol. The van der Waals surface area contributed by atoms with Gasteiger partial charge in [0.15, 0.2) is 11.2 Å². The molecule has 0 bridgehead atoms. The third kappa shape index (κ3) is 2.68. The second kappa shape index (κ2) is 6.59. The first-order valence-electron chi connectivity index (χ1n) is 9.14. The molecule has 0 spiro atoms. The van der Waals surface area contributed by atoms with Gasteiger partial charge in [-0.05, 0) is 42.3 Å². The molecule has 0 atom stereocenters. The van der Waals surface area contributed by atoms with E-state index in [0.717, 1.165) is 16.8 Å². The van der Waals surface area contributed by atoms with Gasteiger partial charge in [-0.25, -0.2) is 13.9 Å². The molecule has 0 saturated heterocycles. The molecule has 4 aromatic heterocycles. The molecule has 8 heteroatoms. The van der Waals surface area contributed by atoms with Crippen LogP contribution < -0.4 is 5.56 Å². The lowest BCUT2D eigenvalue weighted by Crippen LogP contribution is -2.20. The van der Waals surface area contributed by atoms with Crippen LogP contribution >= 0.6 is 0 Å². The number of aromatic nitrogens is 6. The van der Waals surface area contributed by atoms with E-state index in [9.17, 15) is 9.18 Å². The largest absolute Gasteiger partial charge is 0.286 e. The minimum atomic E-state index is -0.326. The maximum Gasteiger partial charge on any atom is 0.286 e. The first kappa shape index (κ1) is 17.2. The second-order valence-corrected chi connectivity index (χ2v) is 6.53. The highest BCUT2D eigenvalue weighted by Gasteiger charge is 2.19. The van der Waals surface area contributed by atoms with Gasteiger partial charge in [-0.2, -0.15) is 5.10 Å². The number of halogens is 1. The molecule has 0 fully saturated rings. The van der Waals surface area contributed by atoms with E-state index in [2.05, 4.69) is 20.3 Å². The van der Waals surface area contributed by atoms with Crippen molar-refractivity contribution in [2.45, 2.75) is 13.3 Å². The summed E-state index contributed by atoms with van der Waals surface area (Å²) in [5, 5.41) is 13.2. The number of fused-ring (bicyclic) bond motifs is 3. The van der Waals surface area contributed by atoms with Crippen molar-refractivity contribution in [1.82, 2.24) is 29.4 Å². The van der Waals surface area contributed by atoms with Crippen LogP contribution in [0, 0.1) is 5.82 Å². The molecule has 1 aromatic carbocycles. The monoisotopic (exact) mass is 386 g/mol. The van der Waals surface area contributed by atoms with Crippen LogP contribution in [0.3, 0.4) is 0 Å². The van der Waals surface area contributed by atoms with Crippen LogP contribution in [-0.2, 0) is 6.42 Å². The Bertz CT molecular complexity index is 1410. The molecule has 0 amide bonds. The van der Waals surface area contributed by atoms with Gasteiger partial charge >= 0.3 is 0 Å². The van der Waals surface area contributed by atoms with E-state index in [-0.39, 0.29) is 16.9 Å². The smallest absolute Gasteiger partial charge is 0.266 e. The third-order valence-electron chi connectivity index (χ3n) is 4.82. The fourth-order valence-corrected chi connectivity index (χ4v) is 3.43. The Labute approximate surface area is 164 Å². The first-order valence-corrected chi connectivity index (χ1v) is 9.14. The van der Waals surface area contributed by atoms with Gasteiger partial charge in [-0.15, -0.1) is 10.2 Å². The van der Waals surface area contributed by atoms with Gasteiger partial charge in [0.25, 0.3) is 5.56 Å². The van der Waals surface area contributed by atoms with Gasteiger partial charge in [0.05, 0.1) is 11.3 Å². The number of rotatable bonds is 3. The standard InChI is InChI=1S/C21H15FN6O/c1-2-15-18(13-6-8-14(22)9-7-13)20-25-24-19-16(28(20)26-15)10-12-27(21(19)29)17-5-3-4-11-23-17/h3-12H,2H2,1H3. The zero-order chi connectivity index (χ0) is 20.0. The molecular formula is C21H15FN6O. The Morgan fingerprint density at radius 1 is 1.03 bits per heavy atom. The predicted octanol–water partition coefficient (Wildman–Crippen LogP) is 3.19. The number of aryl methyl sites for hydroxylation is 1. The van der Waals surface area contributed by atoms with E-state index in [1.165, 1.54) is 16.7 Å². The summed E-state index contributed by atoms with van der Waals surface area (Å²) in [6, 6.07) is 13.3. The van der Waals surface area contributed by atoms with E-state index in [0.29, 0.717) is 23.4 Å². The van der Waals surface area contributed by atoms with Crippen molar-refractivity contribution < 1.29 is 4.39 Å². The summed E-state index contributed by atoms with van der Waals surface area (Å²) in [4.78, 5) is 17.2. The van der Waals surface area contributed by atoms with E-state index < -0.39 is 0 Å². The Balaban J connectivity index is 1.79.